The van der Waals surface area contributed by atoms with Crippen molar-refractivity contribution >= 4 is 5.91 Å². The largest absolute Gasteiger partial charge is 0.492 e. The van der Waals surface area contributed by atoms with Gasteiger partial charge in [0.05, 0.1) is 11.1 Å². The molecule has 0 spiro atoms. The molecule has 0 saturated carbocycles. The summed E-state index contributed by atoms with van der Waals surface area (Å²) < 4.78 is 44.1. The van der Waals surface area contributed by atoms with E-state index in [-0.39, 0.29) is 11.8 Å². The van der Waals surface area contributed by atoms with Gasteiger partial charge in [-0.3, -0.25) is 4.79 Å². The number of hydrogen-bond donors (Lipinski definition) is 2. The van der Waals surface area contributed by atoms with Crippen molar-refractivity contribution in [3.05, 3.63) is 29.3 Å². The van der Waals surface area contributed by atoms with E-state index in [0.29, 0.717) is 6.61 Å². The van der Waals surface area contributed by atoms with Crippen molar-refractivity contribution in [2.24, 2.45) is 5.73 Å². The molecule has 3 N–H and O–H groups in total. The van der Waals surface area contributed by atoms with E-state index in [2.05, 4.69) is 5.32 Å². The highest BCUT2D eigenvalue weighted by molar-refractivity contribution is 5.94. The topological polar surface area (TPSA) is 64.4 Å². The van der Waals surface area contributed by atoms with E-state index in [9.17, 15) is 18.0 Å². The van der Waals surface area contributed by atoms with Crippen molar-refractivity contribution in [2.45, 2.75) is 31.5 Å². The van der Waals surface area contributed by atoms with Crippen molar-refractivity contribution in [2.75, 3.05) is 13.2 Å². The third kappa shape index (κ3) is 4.10. The summed E-state index contributed by atoms with van der Waals surface area (Å²) in [7, 11) is 0. The molecule has 116 valence electrons. The maximum atomic E-state index is 12.9. The minimum atomic E-state index is -4.65. The van der Waals surface area contributed by atoms with Crippen LogP contribution in [0.15, 0.2) is 18.2 Å². The summed E-state index contributed by atoms with van der Waals surface area (Å²) in [5, 5.41) is 3.24. The van der Waals surface area contributed by atoms with E-state index >= 15 is 0 Å². The van der Waals surface area contributed by atoms with Gasteiger partial charge >= 0.3 is 6.18 Å². The zero-order valence-corrected chi connectivity index (χ0v) is 11.4. The molecule has 2 rings (SSSR count). The van der Waals surface area contributed by atoms with Gasteiger partial charge in [0.25, 0.3) is 0 Å². The Balaban J connectivity index is 2.11. The van der Waals surface area contributed by atoms with Crippen LogP contribution < -0.4 is 15.8 Å². The van der Waals surface area contributed by atoms with Crippen LogP contribution in [0.3, 0.4) is 0 Å². The van der Waals surface area contributed by atoms with Crippen molar-refractivity contribution in [1.29, 1.82) is 0 Å². The van der Waals surface area contributed by atoms with Gasteiger partial charge in [0, 0.05) is 6.04 Å². The molecule has 0 aromatic heterocycles. The number of alkyl halides is 3. The van der Waals surface area contributed by atoms with Crippen LogP contribution in [0.2, 0.25) is 0 Å². The fourth-order valence-corrected chi connectivity index (χ4v) is 2.33. The van der Waals surface area contributed by atoms with Gasteiger partial charge in [-0.1, -0.05) is 6.42 Å². The molecule has 1 unspecified atom stereocenters. The first-order valence-corrected chi connectivity index (χ1v) is 6.75. The quantitative estimate of drug-likeness (QED) is 0.897. The summed E-state index contributed by atoms with van der Waals surface area (Å²) in [6.45, 7) is 1.19. The number of carbonyl (C=O) groups is 1. The first-order chi connectivity index (χ1) is 9.88. The zero-order valence-electron chi connectivity index (χ0n) is 11.4. The Kier molecular flexibility index (Phi) is 4.72. The minimum Gasteiger partial charge on any atom is -0.492 e. The first-order valence-electron chi connectivity index (χ1n) is 6.75. The number of ether oxygens (including phenoxy) is 1. The van der Waals surface area contributed by atoms with Crippen LogP contribution in [-0.2, 0) is 6.18 Å². The van der Waals surface area contributed by atoms with Crippen LogP contribution in [0.25, 0.3) is 0 Å². The van der Waals surface area contributed by atoms with Crippen molar-refractivity contribution in [3.63, 3.8) is 0 Å². The third-order valence-electron chi connectivity index (χ3n) is 3.43. The lowest BCUT2D eigenvalue weighted by molar-refractivity contribution is -0.138. The van der Waals surface area contributed by atoms with E-state index in [4.69, 9.17) is 10.5 Å². The van der Waals surface area contributed by atoms with E-state index < -0.39 is 23.2 Å². The second-order valence-electron chi connectivity index (χ2n) is 5.03. The number of benzene rings is 1. The summed E-state index contributed by atoms with van der Waals surface area (Å²) in [4.78, 5) is 11.1. The summed E-state index contributed by atoms with van der Waals surface area (Å²) in [5.41, 5.74) is 3.35. The van der Waals surface area contributed by atoms with Gasteiger partial charge in [-0.15, -0.1) is 0 Å². The normalized spacial score (nSPS) is 19.3. The van der Waals surface area contributed by atoms with Gasteiger partial charge < -0.3 is 15.8 Å². The number of halogens is 3. The molecular weight excluding hydrogens is 285 g/mol. The van der Waals surface area contributed by atoms with Crippen LogP contribution in [0.1, 0.15) is 35.2 Å². The lowest BCUT2D eigenvalue weighted by Crippen LogP contribution is -2.38. The maximum Gasteiger partial charge on any atom is 0.417 e. The summed E-state index contributed by atoms with van der Waals surface area (Å²) in [5.74, 6) is -1.03. The highest BCUT2D eigenvalue weighted by atomic mass is 19.4. The Morgan fingerprint density at radius 3 is 2.71 bits per heavy atom. The van der Waals surface area contributed by atoms with Gasteiger partial charge in [0.1, 0.15) is 12.4 Å². The molecule has 1 saturated heterocycles. The molecule has 0 radical (unpaired) electrons. The number of primary amides is 1. The van der Waals surface area contributed by atoms with Gasteiger partial charge in [0.15, 0.2) is 0 Å². The maximum absolute atomic E-state index is 12.9. The molecular formula is C14H17F3N2O2. The molecule has 1 fully saturated rings. The lowest BCUT2D eigenvalue weighted by Gasteiger charge is -2.23. The first kappa shape index (κ1) is 15.6. The smallest absolute Gasteiger partial charge is 0.417 e. The monoisotopic (exact) mass is 302 g/mol. The van der Waals surface area contributed by atoms with Gasteiger partial charge in [-0.05, 0) is 37.6 Å². The van der Waals surface area contributed by atoms with Crippen LogP contribution in [-0.4, -0.2) is 25.1 Å². The zero-order chi connectivity index (χ0) is 15.5. The number of amides is 1. The van der Waals surface area contributed by atoms with Crippen LogP contribution in [0.4, 0.5) is 13.2 Å². The fraction of sp³-hybridized carbons (Fsp3) is 0.500. The molecule has 1 atom stereocenters. The SMILES string of the molecule is NC(=O)c1ccc(OCC2CCCCN2)cc1C(F)(F)F. The minimum absolute atomic E-state index is 0.0831. The molecule has 0 aliphatic carbocycles. The molecule has 1 aliphatic rings. The number of hydrogen-bond acceptors (Lipinski definition) is 3. The van der Waals surface area contributed by atoms with E-state index in [1.807, 2.05) is 0 Å². The Labute approximate surface area is 120 Å². The van der Waals surface area contributed by atoms with Gasteiger partial charge in [-0.25, -0.2) is 0 Å². The Bertz CT molecular complexity index is 511. The molecule has 1 heterocycles. The van der Waals surface area contributed by atoms with Crippen molar-refractivity contribution in [1.82, 2.24) is 5.32 Å². The Morgan fingerprint density at radius 2 is 2.14 bits per heavy atom. The molecule has 1 aromatic rings. The number of carbonyl (C=O) groups excluding carboxylic acids is 1. The second kappa shape index (κ2) is 6.34. The summed E-state index contributed by atoms with van der Waals surface area (Å²) in [6.07, 6.45) is -1.53. The van der Waals surface area contributed by atoms with Crippen LogP contribution >= 0.6 is 0 Å². The molecule has 1 aliphatic heterocycles. The van der Waals surface area contributed by atoms with Crippen molar-refractivity contribution in [3.8, 4) is 5.75 Å². The van der Waals surface area contributed by atoms with Gasteiger partial charge in [0.2, 0.25) is 5.91 Å². The third-order valence-corrected chi connectivity index (χ3v) is 3.43. The number of piperidine rings is 1. The molecule has 1 aromatic carbocycles. The van der Waals surface area contributed by atoms with Crippen LogP contribution in [0, 0.1) is 0 Å². The Morgan fingerprint density at radius 1 is 1.38 bits per heavy atom. The summed E-state index contributed by atoms with van der Waals surface area (Å²) >= 11 is 0. The van der Waals surface area contributed by atoms with E-state index in [1.165, 1.54) is 6.07 Å². The van der Waals surface area contributed by atoms with E-state index in [1.54, 1.807) is 0 Å². The predicted molar refractivity (Wildman–Crippen MR) is 71.1 cm³/mol. The number of nitrogens with one attached hydrogen (secondary N) is 1. The molecule has 4 nitrogen and oxygen atoms in total. The highest BCUT2D eigenvalue weighted by Gasteiger charge is 2.35. The van der Waals surface area contributed by atoms with Crippen molar-refractivity contribution < 1.29 is 22.7 Å². The average Bonchev–Trinajstić information content (AvgIpc) is 2.45. The second-order valence-corrected chi connectivity index (χ2v) is 5.03. The fourth-order valence-electron chi connectivity index (χ4n) is 2.33. The van der Waals surface area contributed by atoms with Crippen LogP contribution in [0.5, 0.6) is 5.75 Å². The van der Waals surface area contributed by atoms with E-state index in [0.717, 1.165) is 37.9 Å². The molecule has 21 heavy (non-hydrogen) atoms. The average molecular weight is 302 g/mol. The standard InChI is InChI=1S/C14H17F3N2O2/c15-14(16,17)12-7-10(4-5-11(12)13(18)20)21-8-9-3-1-2-6-19-9/h4-5,7,9,19H,1-3,6,8H2,(H2,18,20). The summed E-state index contributed by atoms with van der Waals surface area (Å²) in [6, 6.07) is 3.35. The number of nitrogens with two attached hydrogens (primary N) is 1. The molecule has 0 bridgehead atoms. The number of rotatable bonds is 4. The Hall–Kier alpha value is -1.76. The highest BCUT2D eigenvalue weighted by Crippen LogP contribution is 2.34. The molecule has 1 amide bonds. The lowest BCUT2D eigenvalue weighted by atomic mass is 10.1. The van der Waals surface area contributed by atoms with Gasteiger partial charge in [-0.2, -0.15) is 13.2 Å². The predicted octanol–water partition coefficient (Wildman–Crippen LogP) is 2.33. The molecule has 7 heteroatoms.